The van der Waals surface area contributed by atoms with Crippen LogP contribution in [0.2, 0.25) is 5.02 Å². The SMILES string of the molecule is CCCOc1c(Cl)cc(C(=O)NCCCCc2nc(C)cs2)cc1OCC. The van der Waals surface area contributed by atoms with Gasteiger partial charge in [-0.1, -0.05) is 18.5 Å². The van der Waals surface area contributed by atoms with Crippen LogP contribution in [0.4, 0.5) is 0 Å². The van der Waals surface area contributed by atoms with E-state index < -0.39 is 0 Å². The van der Waals surface area contributed by atoms with E-state index in [1.54, 1.807) is 23.5 Å². The lowest BCUT2D eigenvalue weighted by Crippen LogP contribution is -2.24. The summed E-state index contributed by atoms with van der Waals surface area (Å²) >= 11 is 8.00. The van der Waals surface area contributed by atoms with Crippen LogP contribution in [-0.2, 0) is 6.42 Å². The van der Waals surface area contributed by atoms with E-state index in [1.807, 2.05) is 20.8 Å². The molecule has 0 atom stereocenters. The summed E-state index contributed by atoms with van der Waals surface area (Å²) in [5.41, 5.74) is 1.54. The third-order valence-corrected chi connectivity index (χ3v) is 5.10. The smallest absolute Gasteiger partial charge is 0.251 e. The van der Waals surface area contributed by atoms with Crippen molar-refractivity contribution in [2.75, 3.05) is 19.8 Å². The zero-order chi connectivity index (χ0) is 19.6. The normalized spacial score (nSPS) is 10.7. The number of ether oxygens (including phenoxy) is 2. The van der Waals surface area contributed by atoms with Crippen molar-refractivity contribution < 1.29 is 14.3 Å². The highest BCUT2D eigenvalue weighted by atomic mass is 35.5. The van der Waals surface area contributed by atoms with Crippen LogP contribution in [0.15, 0.2) is 17.5 Å². The summed E-state index contributed by atoms with van der Waals surface area (Å²) in [4.78, 5) is 16.9. The molecule has 1 amide bonds. The molecule has 2 rings (SSSR count). The molecule has 0 aliphatic heterocycles. The molecule has 0 aliphatic carbocycles. The van der Waals surface area contributed by atoms with E-state index >= 15 is 0 Å². The van der Waals surface area contributed by atoms with E-state index in [-0.39, 0.29) is 5.91 Å². The van der Waals surface area contributed by atoms with Crippen molar-refractivity contribution in [3.05, 3.63) is 38.8 Å². The number of amides is 1. The predicted molar refractivity (Wildman–Crippen MR) is 111 cm³/mol. The van der Waals surface area contributed by atoms with Crippen LogP contribution in [-0.4, -0.2) is 30.6 Å². The van der Waals surface area contributed by atoms with Gasteiger partial charge in [0.25, 0.3) is 5.91 Å². The number of hydrogen-bond donors (Lipinski definition) is 1. The van der Waals surface area contributed by atoms with Crippen molar-refractivity contribution in [1.82, 2.24) is 10.3 Å². The molecule has 0 aliphatic rings. The number of thiazole rings is 1. The highest BCUT2D eigenvalue weighted by molar-refractivity contribution is 7.09. The molecule has 2 aromatic rings. The Bertz CT molecular complexity index is 749. The maximum Gasteiger partial charge on any atom is 0.251 e. The van der Waals surface area contributed by atoms with Gasteiger partial charge < -0.3 is 14.8 Å². The molecule has 1 heterocycles. The zero-order valence-corrected chi connectivity index (χ0v) is 17.7. The fourth-order valence-corrected chi connectivity index (χ4v) is 3.61. The van der Waals surface area contributed by atoms with E-state index in [4.69, 9.17) is 21.1 Å². The van der Waals surface area contributed by atoms with Crippen LogP contribution in [0.25, 0.3) is 0 Å². The van der Waals surface area contributed by atoms with Gasteiger partial charge in [0.1, 0.15) is 0 Å². The molecule has 0 bridgehead atoms. The van der Waals surface area contributed by atoms with Crippen molar-refractivity contribution in [3.63, 3.8) is 0 Å². The van der Waals surface area contributed by atoms with Gasteiger partial charge in [0, 0.05) is 23.2 Å². The lowest BCUT2D eigenvalue weighted by Gasteiger charge is -2.15. The average Bonchev–Trinajstić information content (AvgIpc) is 3.06. The second-order valence-electron chi connectivity index (χ2n) is 6.16. The summed E-state index contributed by atoms with van der Waals surface area (Å²) in [6.07, 6.45) is 3.69. The second kappa shape index (κ2) is 11.1. The van der Waals surface area contributed by atoms with Crippen molar-refractivity contribution in [3.8, 4) is 11.5 Å². The van der Waals surface area contributed by atoms with Crippen LogP contribution in [0.3, 0.4) is 0 Å². The summed E-state index contributed by atoms with van der Waals surface area (Å²) in [6.45, 7) is 7.53. The van der Waals surface area contributed by atoms with Gasteiger partial charge in [-0.05, 0) is 51.7 Å². The van der Waals surface area contributed by atoms with Crippen molar-refractivity contribution in [2.45, 2.75) is 46.5 Å². The quantitative estimate of drug-likeness (QED) is 0.527. The number of nitrogens with zero attached hydrogens (tertiary/aromatic N) is 1. The van der Waals surface area contributed by atoms with Gasteiger partial charge in [-0.2, -0.15) is 0 Å². The molecule has 1 N–H and O–H groups in total. The van der Waals surface area contributed by atoms with Crippen LogP contribution >= 0.6 is 22.9 Å². The molecule has 1 aromatic carbocycles. The van der Waals surface area contributed by atoms with E-state index in [2.05, 4.69) is 15.7 Å². The third-order valence-electron chi connectivity index (χ3n) is 3.79. The Labute approximate surface area is 170 Å². The molecule has 0 fully saturated rings. The minimum atomic E-state index is -0.162. The van der Waals surface area contributed by atoms with E-state index in [9.17, 15) is 4.79 Å². The van der Waals surface area contributed by atoms with Crippen molar-refractivity contribution in [2.24, 2.45) is 0 Å². The molecule has 27 heavy (non-hydrogen) atoms. The number of aryl methyl sites for hydroxylation is 2. The monoisotopic (exact) mass is 410 g/mol. The number of carbonyl (C=O) groups is 1. The van der Waals surface area contributed by atoms with Gasteiger partial charge in [-0.15, -0.1) is 11.3 Å². The van der Waals surface area contributed by atoms with Gasteiger partial charge in [0.15, 0.2) is 11.5 Å². The fourth-order valence-electron chi connectivity index (χ4n) is 2.53. The first-order chi connectivity index (χ1) is 13.0. The number of carbonyl (C=O) groups excluding carboxylic acids is 1. The average molecular weight is 411 g/mol. The highest BCUT2D eigenvalue weighted by Gasteiger charge is 2.16. The first-order valence-corrected chi connectivity index (χ1v) is 10.6. The number of halogens is 1. The number of rotatable bonds is 11. The van der Waals surface area contributed by atoms with Crippen LogP contribution in [0.5, 0.6) is 11.5 Å². The number of hydrogen-bond acceptors (Lipinski definition) is 5. The van der Waals surface area contributed by atoms with Gasteiger partial charge in [0.05, 0.1) is 23.2 Å². The second-order valence-corrected chi connectivity index (χ2v) is 7.51. The summed E-state index contributed by atoms with van der Waals surface area (Å²) in [7, 11) is 0. The molecule has 5 nitrogen and oxygen atoms in total. The Morgan fingerprint density at radius 3 is 2.74 bits per heavy atom. The molecule has 0 radical (unpaired) electrons. The standard InChI is InChI=1S/C20H27ClN2O3S/c1-4-10-26-19-16(21)11-15(12-17(19)25-5-2)20(24)22-9-7-6-8-18-23-14(3)13-27-18/h11-13H,4-10H2,1-3H3,(H,22,24). The maximum absolute atomic E-state index is 12.4. The Morgan fingerprint density at radius 1 is 1.26 bits per heavy atom. The van der Waals surface area contributed by atoms with Gasteiger partial charge >= 0.3 is 0 Å². The Balaban J connectivity index is 1.88. The molecule has 0 spiro atoms. The number of nitrogens with one attached hydrogen (secondary N) is 1. The summed E-state index contributed by atoms with van der Waals surface area (Å²) in [6, 6.07) is 3.32. The Morgan fingerprint density at radius 2 is 2.07 bits per heavy atom. The molecule has 0 saturated carbocycles. The lowest BCUT2D eigenvalue weighted by atomic mass is 10.1. The maximum atomic E-state index is 12.4. The summed E-state index contributed by atoms with van der Waals surface area (Å²) < 4.78 is 11.3. The van der Waals surface area contributed by atoms with Crippen molar-refractivity contribution >= 4 is 28.8 Å². The van der Waals surface area contributed by atoms with Crippen LogP contribution in [0, 0.1) is 6.92 Å². The molecule has 1 aromatic heterocycles. The van der Waals surface area contributed by atoms with E-state index in [0.29, 0.717) is 41.8 Å². The minimum Gasteiger partial charge on any atom is -0.490 e. The van der Waals surface area contributed by atoms with E-state index in [0.717, 1.165) is 36.4 Å². The van der Waals surface area contributed by atoms with Crippen molar-refractivity contribution in [1.29, 1.82) is 0 Å². The Hall–Kier alpha value is -1.79. The fraction of sp³-hybridized carbons (Fsp3) is 0.500. The molecule has 0 unspecified atom stereocenters. The number of benzene rings is 1. The van der Waals surface area contributed by atoms with Gasteiger partial charge in [0.2, 0.25) is 0 Å². The third kappa shape index (κ3) is 6.70. The largest absolute Gasteiger partial charge is 0.490 e. The van der Waals surface area contributed by atoms with Gasteiger partial charge in [-0.25, -0.2) is 4.98 Å². The van der Waals surface area contributed by atoms with Crippen LogP contribution < -0.4 is 14.8 Å². The summed E-state index contributed by atoms with van der Waals surface area (Å²) in [5, 5.41) is 6.53. The summed E-state index contributed by atoms with van der Waals surface area (Å²) in [5.74, 6) is 0.836. The molecular weight excluding hydrogens is 384 g/mol. The molecule has 148 valence electrons. The van der Waals surface area contributed by atoms with Crippen LogP contribution in [0.1, 0.15) is 54.2 Å². The molecule has 0 saturated heterocycles. The number of unbranched alkanes of at least 4 members (excludes halogenated alkanes) is 1. The predicted octanol–water partition coefficient (Wildman–Crippen LogP) is 5.05. The highest BCUT2D eigenvalue weighted by Crippen LogP contribution is 2.36. The Kier molecular flexibility index (Phi) is 8.88. The van der Waals surface area contributed by atoms with E-state index in [1.165, 1.54) is 0 Å². The first-order valence-electron chi connectivity index (χ1n) is 9.33. The first kappa shape index (κ1) is 21.5. The molecule has 7 heteroatoms. The number of aromatic nitrogens is 1. The lowest BCUT2D eigenvalue weighted by molar-refractivity contribution is 0.0952. The zero-order valence-electron chi connectivity index (χ0n) is 16.1. The van der Waals surface area contributed by atoms with Gasteiger partial charge in [-0.3, -0.25) is 4.79 Å². The topological polar surface area (TPSA) is 60.5 Å². The minimum absolute atomic E-state index is 0.162. The molecular formula is C20H27ClN2O3S.